The van der Waals surface area contributed by atoms with Gasteiger partial charge in [-0.1, -0.05) is 44.0 Å². The van der Waals surface area contributed by atoms with Gasteiger partial charge in [0.2, 0.25) is 0 Å². The Balaban J connectivity index is 1.65. The summed E-state index contributed by atoms with van der Waals surface area (Å²) in [6, 6.07) is 10.5. The monoisotopic (exact) mass is 271 g/mol. The summed E-state index contributed by atoms with van der Waals surface area (Å²) in [5.74, 6) is 0.995. The molecule has 0 aliphatic heterocycles. The smallest absolute Gasteiger partial charge is 0.0325 e. The second-order valence-electron chi connectivity index (χ2n) is 6.79. The quantitative estimate of drug-likeness (QED) is 0.762. The molecule has 1 nitrogen and oxygen atoms in total. The molecule has 0 aromatic heterocycles. The summed E-state index contributed by atoms with van der Waals surface area (Å²) >= 11 is 0. The van der Waals surface area contributed by atoms with E-state index < -0.39 is 0 Å². The summed E-state index contributed by atoms with van der Waals surface area (Å²) in [5, 5.41) is 4.00. The van der Waals surface area contributed by atoms with Gasteiger partial charge in [0.25, 0.3) is 0 Å². The highest BCUT2D eigenvalue weighted by Crippen LogP contribution is 2.32. The van der Waals surface area contributed by atoms with Crippen molar-refractivity contribution in [1.29, 1.82) is 0 Å². The SMILES string of the molecule is CCC1CCC(NC2CCCCc3ccccc32)CC1. The normalized spacial score (nSPS) is 30.6. The van der Waals surface area contributed by atoms with Crippen molar-refractivity contribution in [1.82, 2.24) is 5.32 Å². The molecule has 0 spiro atoms. The summed E-state index contributed by atoms with van der Waals surface area (Å²) in [6.45, 7) is 2.35. The number of rotatable bonds is 3. The molecule has 3 rings (SSSR count). The first-order valence-electron chi connectivity index (χ1n) is 8.70. The third-order valence-electron chi connectivity index (χ3n) is 5.48. The van der Waals surface area contributed by atoms with Crippen LogP contribution in [0.2, 0.25) is 0 Å². The van der Waals surface area contributed by atoms with Gasteiger partial charge >= 0.3 is 0 Å². The van der Waals surface area contributed by atoms with Crippen molar-refractivity contribution in [3.63, 3.8) is 0 Å². The third kappa shape index (κ3) is 3.25. The second-order valence-corrected chi connectivity index (χ2v) is 6.79. The summed E-state index contributed by atoms with van der Waals surface area (Å²) in [7, 11) is 0. The molecule has 20 heavy (non-hydrogen) atoms. The molecule has 1 fully saturated rings. The highest BCUT2D eigenvalue weighted by molar-refractivity contribution is 5.31. The van der Waals surface area contributed by atoms with Crippen molar-refractivity contribution in [3.8, 4) is 0 Å². The van der Waals surface area contributed by atoms with E-state index in [9.17, 15) is 0 Å². The molecule has 2 aliphatic rings. The van der Waals surface area contributed by atoms with Crippen LogP contribution in [0.5, 0.6) is 0 Å². The predicted octanol–water partition coefficient (Wildman–Crippen LogP) is 5.01. The molecule has 0 radical (unpaired) electrons. The zero-order valence-electron chi connectivity index (χ0n) is 12.9. The van der Waals surface area contributed by atoms with Gasteiger partial charge in [0.1, 0.15) is 0 Å². The Morgan fingerprint density at radius 3 is 2.60 bits per heavy atom. The van der Waals surface area contributed by atoms with Crippen molar-refractivity contribution in [2.75, 3.05) is 0 Å². The molecular weight excluding hydrogens is 242 g/mol. The zero-order valence-corrected chi connectivity index (χ0v) is 12.9. The highest BCUT2D eigenvalue weighted by Gasteiger charge is 2.24. The Bertz CT molecular complexity index is 418. The predicted molar refractivity (Wildman–Crippen MR) is 85.9 cm³/mol. The van der Waals surface area contributed by atoms with E-state index in [1.54, 1.807) is 11.1 Å². The van der Waals surface area contributed by atoms with Crippen LogP contribution in [0.1, 0.15) is 75.5 Å². The summed E-state index contributed by atoms with van der Waals surface area (Å²) in [4.78, 5) is 0. The minimum atomic E-state index is 0.608. The first-order chi connectivity index (χ1) is 9.86. The number of fused-ring (bicyclic) bond motifs is 1. The number of hydrogen-bond acceptors (Lipinski definition) is 1. The average Bonchev–Trinajstić information content (AvgIpc) is 2.71. The minimum Gasteiger partial charge on any atom is -0.307 e. The molecule has 1 heteroatoms. The lowest BCUT2D eigenvalue weighted by molar-refractivity contribution is 0.265. The Kier molecular flexibility index (Phi) is 4.77. The summed E-state index contributed by atoms with van der Waals surface area (Å²) < 4.78 is 0. The molecule has 2 aliphatic carbocycles. The Hall–Kier alpha value is -0.820. The summed E-state index contributed by atoms with van der Waals surface area (Å²) in [6.07, 6.45) is 12.3. The molecule has 110 valence electrons. The number of benzene rings is 1. The third-order valence-corrected chi connectivity index (χ3v) is 5.48. The van der Waals surface area contributed by atoms with E-state index in [2.05, 4.69) is 36.5 Å². The molecule has 1 N–H and O–H groups in total. The highest BCUT2D eigenvalue weighted by atomic mass is 15.0. The van der Waals surface area contributed by atoms with Crippen LogP contribution in [0.3, 0.4) is 0 Å². The summed E-state index contributed by atoms with van der Waals surface area (Å²) in [5.41, 5.74) is 3.17. The molecule has 1 aromatic carbocycles. The van der Waals surface area contributed by atoms with Gasteiger partial charge in [-0.15, -0.1) is 0 Å². The van der Waals surface area contributed by atoms with E-state index in [0.717, 1.165) is 12.0 Å². The number of hydrogen-bond donors (Lipinski definition) is 1. The lowest BCUT2D eigenvalue weighted by atomic mass is 9.84. The van der Waals surface area contributed by atoms with Gasteiger partial charge in [0.05, 0.1) is 0 Å². The maximum atomic E-state index is 4.00. The van der Waals surface area contributed by atoms with E-state index >= 15 is 0 Å². The first-order valence-corrected chi connectivity index (χ1v) is 8.70. The standard InChI is InChI=1S/C19H29N/c1-2-15-11-13-17(14-12-15)20-19-10-6-4-8-16-7-3-5-9-18(16)19/h3,5,7,9,15,17,19-20H,2,4,6,8,10-14H2,1H3. The average molecular weight is 271 g/mol. The van der Waals surface area contributed by atoms with E-state index in [1.807, 2.05) is 0 Å². The molecule has 0 bridgehead atoms. The van der Waals surface area contributed by atoms with E-state index in [0.29, 0.717) is 6.04 Å². The maximum Gasteiger partial charge on any atom is 0.0325 e. The molecule has 1 unspecified atom stereocenters. The fourth-order valence-corrected chi connectivity index (χ4v) is 4.12. The van der Waals surface area contributed by atoms with Crippen LogP contribution in [-0.2, 0) is 6.42 Å². The zero-order chi connectivity index (χ0) is 13.8. The van der Waals surface area contributed by atoms with Crippen molar-refractivity contribution < 1.29 is 0 Å². The number of nitrogens with one attached hydrogen (secondary N) is 1. The van der Waals surface area contributed by atoms with Crippen molar-refractivity contribution in [2.45, 2.75) is 76.8 Å². The van der Waals surface area contributed by atoms with Gasteiger partial charge in [-0.25, -0.2) is 0 Å². The Labute approximate surface area is 124 Å². The van der Waals surface area contributed by atoms with Crippen LogP contribution < -0.4 is 5.32 Å². The maximum absolute atomic E-state index is 4.00. The fraction of sp³-hybridized carbons (Fsp3) is 0.684. The molecule has 1 saturated carbocycles. The van der Waals surface area contributed by atoms with Gasteiger partial charge in [-0.05, 0) is 62.0 Å². The van der Waals surface area contributed by atoms with Crippen LogP contribution in [-0.4, -0.2) is 6.04 Å². The molecule has 0 saturated heterocycles. The van der Waals surface area contributed by atoms with Crippen molar-refractivity contribution >= 4 is 0 Å². The van der Waals surface area contributed by atoms with E-state index in [-0.39, 0.29) is 0 Å². The second kappa shape index (κ2) is 6.76. The molecular formula is C19H29N. The van der Waals surface area contributed by atoms with Gasteiger partial charge in [0.15, 0.2) is 0 Å². The van der Waals surface area contributed by atoms with Gasteiger partial charge in [0, 0.05) is 12.1 Å². The van der Waals surface area contributed by atoms with Crippen LogP contribution in [0.4, 0.5) is 0 Å². The minimum absolute atomic E-state index is 0.608. The van der Waals surface area contributed by atoms with Gasteiger partial charge in [-0.2, -0.15) is 0 Å². The van der Waals surface area contributed by atoms with Crippen LogP contribution in [0, 0.1) is 5.92 Å². The first kappa shape index (κ1) is 14.1. The molecule has 1 aromatic rings. The molecule has 0 heterocycles. The lowest BCUT2D eigenvalue weighted by Crippen LogP contribution is -2.36. The van der Waals surface area contributed by atoms with Crippen molar-refractivity contribution in [3.05, 3.63) is 35.4 Å². The Morgan fingerprint density at radius 1 is 1.00 bits per heavy atom. The van der Waals surface area contributed by atoms with Crippen molar-refractivity contribution in [2.24, 2.45) is 5.92 Å². The van der Waals surface area contributed by atoms with E-state index in [4.69, 9.17) is 0 Å². The van der Waals surface area contributed by atoms with Gasteiger partial charge < -0.3 is 5.32 Å². The molecule has 0 amide bonds. The molecule has 1 atom stereocenters. The Morgan fingerprint density at radius 2 is 1.80 bits per heavy atom. The topological polar surface area (TPSA) is 12.0 Å². The van der Waals surface area contributed by atoms with Crippen LogP contribution in [0.25, 0.3) is 0 Å². The lowest BCUT2D eigenvalue weighted by Gasteiger charge is -2.32. The van der Waals surface area contributed by atoms with Crippen LogP contribution in [0.15, 0.2) is 24.3 Å². The van der Waals surface area contributed by atoms with Gasteiger partial charge in [-0.3, -0.25) is 0 Å². The largest absolute Gasteiger partial charge is 0.307 e. The number of aryl methyl sites for hydroxylation is 1. The fourth-order valence-electron chi connectivity index (χ4n) is 4.12. The van der Waals surface area contributed by atoms with Crippen LogP contribution >= 0.6 is 0 Å². The van der Waals surface area contributed by atoms with E-state index in [1.165, 1.54) is 57.8 Å².